The first kappa shape index (κ1) is 17.5. The molecule has 4 rings (SSSR count). The van der Waals surface area contributed by atoms with Crippen LogP contribution in [0, 0.1) is 12.7 Å². The molecular formula is C23H24FN3. The van der Waals surface area contributed by atoms with Crippen LogP contribution in [0.2, 0.25) is 0 Å². The second-order valence-electron chi connectivity index (χ2n) is 7.20. The van der Waals surface area contributed by atoms with Gasteiger partial charge in [0.15, 0.2) is 0 Å². The molecule has 138 valence electrons. The van der Waals surface area contributed by atoms with Crippen molar-refractivity contribution in [2.24, 2.45) is 0 Å². The van der Waals surface area contributed by atoms with Crippen LogP contribution in [0.25, 0.3) is 5.69 Å². The standard InChI is InChI=1S/C23H24FN3/c1-17-15-19(16-20-5-3-4-6-23(20)24)11-13-26(17)21-7-9-22(10-8-21)27-14-12-25-18(27)2/h3-12,14,17H,13,15-16H2,1-2H3. The maximum absolute atomic E-state index is 13.9. The summed E-state index contributed by atoms with van der Waals surface area (Å²) in [6.45, 7) is 5.10. The first-order valence-corrected chi connectivity index (χ1v) is 9.40. The van der Waals surface area contributed by atoms with E-state index >= 15 is 0 Å². The Morgan fingerprint density at radius 2 is 1.81 bits per heavy atom. The molecule has 2 aromatic carbocycles. The molecule has 1 unspecified atom stereocenters. The zero-order valence-electron chi connectivity index (χ0n) is 15.8. The molecule has 0 N–H and O–H groups in total. The van der Waals surface area contributed by atoms with Crippen LogP contribution in [-0.2, 0) is 6.42 Å². The van der Waals surface area contributed by atoms with Crippen molar-refractivity contribution in [2.75, 3.05) is 11.4 Å². The molecular weight excluding hydrogens is 337 g/mol. The topological polar surface area (TPSA) is 21.1 Å². The van der Waals surface area contributed by atoms with Gasteiger partial charge in [-0.2, -0.15) is 0 Å². The smallest absolute Gasteiger partial charge is 0.126 e. The Morgan fingerprint density at radius 3 is 2.48 bits per heavy atom. The van der Waals surface area contributed by atoms with E-state index in [9.17, 15) is 4.39 Å². The van der Waals surface area contributed by atoms with Gasteiger partial charge in [-0.3, -0.25) is 0 Å². The second-order valence-corrected chi connectivity index (χ2v) is 7.20. The zero-order valence-corrected chi connectivity index (χ0v) is 15.8. The summed E-state index contributed by atoms with van der Waals surface area (Å²) >= 11 is 0. The fourth-order valence-electron chi connectivity index (χ4n) is 3.83. The van der Waals surface area contributed by atoms with E-state index in [0.29, 0.717) is 12.5 Å². The highest BCUT2D eigenvalue weighted by atomic mass is 19.1. The molecule has 1 aliphatic heterocycles. The number of benzene rings is 2. The van der Waals surface area contributed by atoms with E-state index < -0.39 is 0 Å². The van der Waals surface area contributed by atoms with Crippen LogP contribution in [0.4, 0.5) is 10.1 Å². The minimum atomic E-state index is -0.112. The van der Waals surface area contributed by atoms with Crippen LogP contribution in [0.5, 0.6) is 0 Å². The van der Waals surface area contributed by atoms with Crippen LogP contribution < -0.4 is 4.90 Å². The van der Waals surface area contributed by atoms with E-state index in [4.69, 9.17) is 0 Å². The highest BCUT2D eigenvalue weighted by Gasteiger charge is 2.20. The SMILES string of the molecule is Cc1nccn1-c1ccc(N2CC=C(Cc3ccccc3F)CC2C)cc1. The average Bonchev–Trinajstić information content (AvgIpc) is 3.10. The van der Waals surface area contributed by atoms with Crippen LogP contribution in [0.15, 0.2) is 72.6 Å². The number of hydrogen-bond acceptors (Lipinski definition) is 2. The van der Waals surface area contributed by atoms with Gasteiger partial charge in [-0.05, 0) is 62.6 Å². The van der Waals surface area contributed by atoms with E-state index in [1.165, 1.54) is 17.3 Å². The molecule has 0 aliphatic carbocycles. The van der Waals surface area contributed by atoms with Crippen LogP contribution in [-0.4, -0.2) is 22.1 Å². The van der Waals surface area contributed by atoms with Crippen LogP contribution >= 0.6 is 0 Å². The monoisotopic (exact) mass is 361 g/mol. The third-order valence-corrected chi connectivity index (χ3v) is 5.33. The van der Waals surface area contributed by atoms with Crippen LogP contribution in [0.3, 0.4) is 0 Å². The van der Waals surface area contributed by atoms with Gasteiger partial charge in [-0.15, -0.1) is 0 Å². The van der Waals surface area contributed by atoms with E-state index in [0.717, 1.165) is 30.0 Å². The predicted molar refractivity (Wildman–Crippen MR) is 108 cm³/mol. The average molecular weight is 361 g/mol. The number of rotatable bonds is 4. The third-order valence-electron chi connectivity index (χ3n) is 5.33. The summed E-state index contributed by atoms with van der Waals surface area (Å²) in [7, 11) is 0. The molecule has 27 heavy (non-hydrogen) atoms. The predicted octanol–water partition coefficient (Wildman–Crippen LogP) is 5.09. The first-order chi connectivity index (χ1) is 13.1. The van der Waals surface area contributed by atoms with Gasteiger partial charge in [0.05, 0.1) is 0 Å². The molecule has 0 spiro atoms. The van der Waals surface area contributed by atoms with Gasteiger partial charge in [-0.25, -0.2) is 9.37 Å². The number of anilines is 1. The van der Waals surface area contributed by atoms with Crippen molar-refractivity contribution in [3.8, 4) is 5.69 Å². The van der Waals surface area contributed by atoms with Crippen molar-refractivity contribution in [1.82, 2.24) is 9.55 Å². The fourth-order valence-corrected chi connectivity index (χ4v) is 3.83. The Bertz CT molecular complexity index is 956. The summed E-state index contributed by atoms with van der Waals surface area (Å²) in [4.78, 5) is 6.68. The minimum absolute atomic E-state index is 0.112. The van der Waals surface area contributed by atoms with Gasteiger partial charge in [0.25, 0.3) is 0 Å². The van der Waals surface area contributed by atoms with Gasteiger partial charge in [0, 0.05) is 36.4 Å². The summed E-state index contributed by atoms with van der Waals surface area (Å²) in [6, 6.07) is 16.1. The number of nitrogens with zero attached hydrogens (tertiary/aromatic N) is 3. The van der Waals surface area contributed by atoms with Gasteiger partial charge in [0.1, 0.15) is 11.6 Å². The van der Waals surface area contributed by atoms with Gasteiger partial charge < -0.3 is 9.47 Å². The Kier molecular flexibility index (Phi) is 4.80. The van der Waals surface area contributed by atoms with Crippen molar-refractivity contribution < 1.29 is 4.39 Å². The summed E-state index contributed by atoms with van der Waals surface area (Å²) in [5, 5.41) is 0. The van der Waals surface area contributed by atoms with Crippen molar-refractivity contribution >= 4 is 5.69 Å². The molecule has 4 heteroatoms. The lowest BCUT2D eigenvalue weighted by molar-refractivity contribution is 0.596. The molecule has 0 fully saturated rings. The van der Waals surface area contributed by atoms with Crippen molar-refractivity contribution in [3.63, 3.8) is 0 Å². The van der Waals surface area contributed by atoms with Crippen molar-refractivity contribution in [1.29, 1.82) is 0 Å². The number of imidazole rings is 1. The number of aromatic nitrogens is 2. The zero-order chi connectivity index (χ0) is 18.8. The van der Waals surface area contributed by atoms with E-state index in [1.807, 2.05) is 31.5 Å². The maximum atomic E-state index is 13.9. The third kappa shape index (κ3) is 3.65. The van der Waals surface area contributed by atoms with E-state index in [2.05, 4.69) is 51.7 Å². The van der Waals surface area contributed by atoms with E-state index in [1.54, 1.807) is 6.07 Å². The molecule has 1 atom stereocenters. The maximum Gasteiger partial charge on any atom is 0.126 e. The highest BCUT2D eigenvalue weighted by Crippen LogP contribution is 2.28. The lowest BCUT2D eigenvalue weighted by Gasteiger charge is -2.35. The molecule has 0 saturated heterocycles. The minimum Gasteiger partial charge on any atom is -0.365 e. The second kappa shape index (κ2) is 7.39. The molecule has 1 aliphatic rings. The van der Waals surface area contributed by atoms with E-state index in [-0.39, 0.29) is 5.82 Å². The largest absolute Gasteiger partial charge is 0.365 e. The van der Waals surface area contributed by atoms with Gasteiger partial charge >= 0.3 is 0 Å². The summed E-state index contributed by atoms with van der Waals surface area (Å²) in [6.07, 6.45) is 7.70. The molecule has 0 bridgehead atoms. The van der Waals surface area contributed by atoms with Crippen molar-refractivity contribution in [3.05, 3.63) is 89.8 Å². The molecule has 3 aromatic rings. The Hall–Kier alpha value is -2.88. The Labute approximate surface area is 159 Å². The Balaban J connectivity index is 1.48. The summed E-state index contributed by atoms with van der Waals surface area (Å²) in [5.41, 5.74) is 4.43. The number of aryl methyl sites for hydroxylation is 1. The molecule has 1 aromatic heterocycles. The summed E-state index contributed by atoms with van der Waals surface area (Å²) < 4.78 is 16.0. The number of halogens is 1. The number of hydrogen-bond donors (Lipinski definition) is 0. The lowest BCUT2D eigenvalue weighted by atomic mass is 9.94. The normalized spacial score (nSPS) is 17.1. The highest BCUT2D eigenvalue weighted by molar-refractivity contribution is 5.53. The van der Waals surface area contributed by atoms with Gasteiger partial charge in [-0.1, -0.05) is 29.8 Å². The Morgan fingerprint density at radius 1 is 1.07 bits per heavy atom. The molecule has 3 nitrogen and oxygen atoms in total. The molecule has 0 radical (unpaired) electrons. The first-order valence-electron chi connectivity index (χ1n) is 9.40. The molecule has 0 amide bonds. The van der Waals surface area contributed by atoms with Crippen LogP contribution in [0.1, 0.15) is 24.7 Å². The van der Waals surface area contributed by atoms with Gasteiger partial charge in [0.2, 0.25) is 0 Å². The fraction of sp³-hybridized carbons (Fsp3) is 0.261. The molecule has 0 saturated carbocycles. The molecule has 2 heterocycles. The quantitative estimate of drug-likeness (QED) is 0.604. The lowest BCUT2D eigenvalue weighted by Crippen LogP contribution is -2.37. The van der Waals surface area contributed by atoms with Crippen molar-refractivity contribution in [2.45, 2.75) is 32.7 Å². The summed E-state index contributed by atoms with van der Waals surface area (Å²) in [5.74, 6) is 0.869.